The number of halogens is 2. The molecule has 0 aliphatic heterocycles. The van der Waals surface area contributed by atoms with Crippen LogP contribution in [-0.4, -0.2) is 17.1 Å². The quantitative estimate of drug-likeness (QED) is 0.523. The van der Waals surface area contributed by atoms with E-state index in [0.29, 0.717) is 12.8 Å². The highest BCUT2D eigenvalue weighted by atomic mass is 19.2. The minimum Gasteiger partial charge on any atom is -0.360 e. The molecule has 0 heterocycles. The molecular weight excluding hydrogens is 138 g/mol. The second-order valence-corrected chi connectivity index (χ2v) is 2.89. The van der Waals surface area contributed by atoms with Crippen molar-refractivity contribution in [2.45, 2.75) is 44.1 Å². The summed E-state index contributed by atoms with van der Waals surface area (Å²) in [6, 6.07) is 0. The van der Waals surface area contributed by atoms with E-state index in [1.807, 2.05) is 0 Å². The van der Waals surface area contributed by atoms with Gasteiger partial charge in [-0.3, -0.25) is 0 Å². The zero-order chi connectivity index (χ0) is 7.61. The van der Waals surface area contributed by atoms with Crippen LogP contribution >= 0.6 is 0 Å². The number of aliphatic hydroxyl groups is 1. The molecular formula is C7H12F2O. The molecule has 1 fully saturated rings. The van der Waals surface area contributed by atoms with Crippen molar-refractivity contribution >= 4 is 0 Å². The molecule has 1 N–H and O–H groups in total. The van der Waals surface area contributed by atoms with Gasteiger partial charge in [-0.05, 0) is 12.8 Å². The normalized spacial score (nSPS) is 42.9. The van der Waals surface area contributed by atoms with Crippen LogP contribution in [0.4, 0.5) is 8.78 Å². The Labute approximate surface area is 59.0 Å². The number of hydrogen-bond acceptors (Lipinski definition) is 1. The number of alkyl halides is 2. The van der Waals surface area contributed by atoms with Gasteiger partial charge in [0.2, 0.25) is 5.85 Å². The van der Waals surface area contributed by atoms with Crippen LogP contribution in [0.3, 0.4) is 0 Å². The molecule has 0 radical (unpaired) electrons. The van der Waals surface area contributed by atoms with Gasteiger partial charge in [-0.1, -0.05) is 12.8 Å². The average Bonchev–Trinajstić information content (AvgIpc) is 1.96. The molecule has 0 aromatic heterocycles. The lowest BCUT2D eigenvalue weighted by Gasteiger charge is -2.19. The number of rotatable bonds is 0. The molecule has 0 aromatic carbocycles. The van der Waals surface area contributed by atoms with E-state index in [4.69, 9.17) is 5.11 Å². The van der Waals surface area contributed by atoms with Crippen LogP contribution in [0.2, 0.25) is 0 Å². The first-order chi connectivity index (χ1) is 4.63. The summed E-state index contributed by atoms with van der Waals surface area (Å²) in [6.45, 7) is 0. The largest absolute Gasteiger partial charge is 0.360 e. The summed E-state index contributed by atoms with van der Waals surface area (Å²) in [4.78, 5) is 0. The molecule has 2 unspecified atom stereocenters. The summed E-state index contributed by atoms with van der Waals surface area (Å²) < 4.78 is 25.3. The van der Waals surface area contributed by atoms with Crippen LogP contribution in [0.25, 0.3) is 0 Å². The molecule has 10 heavy (non-hydrogen) atoms. The fourth-order valence-corrected chi connectivity index (χ4v) is 1.25. The Morgan fingerprint density at radius 2 is 2.00 bits per heavy atom. The predicted octanol–water partition coefficient (Wildman–Crippen LogP) is 1.95. The third kappa shape index (κ3) is 1.66. The lowest BCUT2D eigenvalue weighted by molar-refractivity contribution is -0.146. The molecule has 1 saturated carbocycles. The third-order valence-corrected chi connectivity index (χ3v) is 1.96. The fourth-order valence-electron chi connectivity index (χ4n) is 1.25. The zero-order valence-corrected chi connectivity index (χ0v) is 5.82. The summed E-state index contributed by atoms with van der Waals surface area (Å²) in [7, 11) is 0. The first-order valence-corrected chi connectivity index (χ1v) is 3.68. The van der Waals surface area contributed by atoms with Gasteiger partial charge >= 0.3 is 0 Å². The van der Waals surface area contributed by atoms with E-state index in [1.165, 1.54) is 0 Å². The van der Waals surface area contributed by atoms with Crippen molar-refractivity contribution in [1.29, 1.82) is 0 Å². The molecule has 60 valence electrons. The second-order valence-electron chi connectivity index (χ2n) is 2.89. The average molecular weight is 150 g/mol. The maximum Gasteiger partial charge on any atom is 0.238 e. The third-order valence-electron chi connectivity index (χ3n) is 1.96. The van der Waals surface area contributed by atoms with Crippen molar-refractivity contribution in [2.75, 3.05) is 0 Å². The summed E-state index contributed by atoms with van der Waals surface area (Å²) >= 11 is 0. The molecule has 1 aliphatic rings. The fraction of sp³-hybridized carbons (Fsp3) is 1.00. The molecule has 0 spiro atoms. The summed E-state index contributed by atoms with van der Waals surface area (Å²) in [5, 5.41) is 8.78. The van der Waals surface area contributed by atoms with E-state index >= 15 is 0 Å². The first-order valence-electron chi connectivity index (χ1n) is 3.68. The van der Waals surface area contributed by atoms with E-state index in [-0.39, 0.29) is 12.8 Å². The number of hydrogen-bond donors (Lipinski definition) is 1. The van der Waals surface area contributed by atoms with Crippen molar-refractivity contribution < 1.29 is 13.9 Å². The maximum atomic E-state index is 12.7. The van der Waals surface area contributed by atoms with Crippen LogP contribution in [0.5, 0.6) is 0 Å². The van der Waals surface area contributed by atoms with E-state index in [2.05, 4.69) is 0 Å². The molecule has 3 heteroatoms. The van der Waals surface area contributed by atoms with Crippen LogP contribution in [-0.2, 0) is 0 Å². The van der Waals surface area contributed by atoms with E-state index in [0.717, 1.165) is 6.42 Å². The van der Waals surface area contributed by atoms with E-state index in [1.54, 1.807) is 0 Å². The Bertz CT molecular complexity index is 114. The van der Waals surface area contributed by atoms with Crippen LogP contribution in [0.15, 0.2) is 0 Å². The minimum atomic E-state index is -2.55. The monoisotopic (exact) mass is 150 g/mol. The highest BCUT2D eigenvalue weighted by Gasteiger charge is 2.37. The summed E-state index contributed by atoms with van der Waals surface area (Å²) in [5.41, 5.74) is 0. The van der Waals surface area contributed by atoms with Crippen molar-refractivity contribution in [2.24, 2.45) is 0 Å². The summed E-state index contributed by atoms with van der Waals surface area (Å²) in [6.07, 6.45) is 0.546. The Morgan fingerprint density at radius 1 is 1.30 bits per heavy atom. The first kappa shape index (κ1) is 7.92. The van der Waals surface area contributed by atoms with E-state index in [9.17, 15) is 8.78 Å². The topological polar surface area (TPSA) is 20.2 Å². The van der Waals surface area contributed by atoms with Gasteiger partial charge in [-0.15, -0.1) is 0 Å². The Kier molecular flexibility index (Phi) is 2.24. The van der Waals surface area contributed by atoms with Crippen LogP contribution < -0.4 is 0 Å². The zero-order valence-electron chi connectivity index (χ0n) is 5.82. The molecule has 1 aliphatic carbocycles. The van der Waals surface area contributed by atoms with Crippen LogP contribution in [0, 0.1) is 0 Å². The molecule has 2 atom stereocenters. The van der Waals surface area contributed by atoms with Crippen molar-refractivity contribution in [3.63, 3.8) is 0 Å². The smallest absolute Gasteiger partial charge is 0.238 e. The Morgan fingerprint density at radius 3 is 2.70 bits per heavy atom. The predicted molar refractivity (Wildman–Crippen MR) is 34.0 cm³/mol. The summed E-state index contributed by atoms with van der Waals surface area (Å²) in [5.74, 6) is -2.55. The minimum absolute atomic E-state index is 0.0475. The van der Waals surface area contributed by atoms with Gasteiger partial charge < -0.3 is 5.11 Å². The highest BCUT2D eigenvalue weighted by molar-refractivity contribution is 4.78. The van der Waals surface area contributed by atoms with E-state index < -0.39 is 12.0 Å². The SMILES string of the molecule is OC1(F)CCCCCC1F. The van der Waals surface area contributed by atoms with Gasteiger partial charge in [0.05, 0.1) is 0 Å². The van der Waals surface area contributed by atoms with Gasteiger partial charge in [0.25, 0.3) is 0 Å². The van der Waals surface area contributed by atoms with Gasteiger partial charge in [0, 0.05) is 6.42 Å². The van der Waals surface area contributed by atoms with Crippen molar-refractivity contribution in [3.8, 4) is 0 Å². The molecule has 0 bridgehead atoms. The highest BCUT2D eigenvalue weighted by Crippen LogP contribution is 2.30. The van der Waals surface area contributed by atoms with Gasteiger partial charge in [0.15, 0.2) is 6.17 Å². The lowest BCUT2D eigenvalue weighted by atomic mass is 10.1. The molecule has 0 saturated heterocycles. The van der Waals surface area contributed by atoms with Gasteiger partial charge in [-0.25, -0.2) is 8.78 Å². The maximum absolute atomic E-state index is 12.7. The van der Waals surface area contributed by atoms with Crippen LogP contribution in [0.1, 0.15) is 32.1 Å². The van der Waals surface area contributed by atoms with Crippen molar-refractivity contribution in [3.05, 3.63) is 0 Å². The molecule has 0 amide bonds. The van der Waals surface area contributed by atoms with Gasteiger partial charge in [0.1, 0.15) is 0 Å². The second kappa shape index (κ2) is 2.82. The standard InChI is InChI=1S/C7H12F2O/c8-6-4-2-1-3-5-7(6,9)10/h6,10H,1-5H2. The molecule has 0 aromatic rings. The lowest BCUT2D eigenvalue weighted by Crippen LogP contribution is -2.33. The Hall–Kier alpha value is -0.180. The van der Waals surface area contributed by atoms with Crippen molar-refractivity contribution in [1.82, 2.24) is 0 Å². The van der Waals surface area contributed by atoms with Gasteiger partial charge in [-0.2, -0.15) is 0 Å². The molecule has 1 rings (SSSR count). The Balaban J connectivity index is 2.52. The molecule has 1 nitrogen and oxygen atoms in total.